The van der Waals surface area contributed by atoms with Crippen molar-refractivity contribution in [2.45, 2.75) is 75.3 Å². The minimum atomic E-state index is -1.06. The number of hydrogen-bond acceptors (Lipinski definition) is 3. The first-order chi connectivity index (χ1) is 8.96. The summed E-state index contributed by atoms with van der Waals surface area (Å²) >= 11 is 0. The Bertz CT molecular complexity index is 356. The quantitative estimate of drug-likeness (QED) is 0.674. The Balaban J connectivity index is 1.99. The molecule has 5 nitrogen and oxygen atoms in total. The molecule has 0 aromatic heterocycles. The van der Waals surface area contributed by atoms with E-state index in [1.807, 2.05) is 0 Å². The highest BCUT2D eigenvalue weighted by Gasteiger charge is 2.42. The first-order valence-electron chi connectivity index (χ1n) is 7.29. The fourth-order valence-corrected chi connectivity index (χ4v) is 3.16. The molecule has 0 radical (unpaired) electrons. The largest absolute Gasteiger partial charge is 0.480 e. The molecule has 2 aliphatic carbocycles. The third-order valence-electron chi connectivity index (χ3n) is 4.61. The SMILES string of the molecule is NC1(CC(=O)NC2(C(=O)O)CCCCCC2)CCC1. The van der Waals surface area contributed by atoms with Crippen molar-refractivity contribution in [3.63, 3.8) is 0 Å². The Labute approximate surface area is 113 Å². The Morgan fingerprint density at radius 3 is 2.00 bits per heavy atom. The molecule has 0 heterocycles. The number of carbonyl (C=O) groups excluding carboxylic acids is 1. The van der Waals surface area contributed by atoms with Crippen LogP contribution in [0.2, 0.25) is 0 Å². The van der Waals surface area contributed by atoms with Gasteiger partial charge in [-0.05, 0) is 32.1 Å². The smallest absolute Gasteiger partial charge is 0.329 e. The fourth-order valence-electron chi connectivity index (χ4n) is 3.16. The summed E-state index contributed by atoms with van der Waals surface area (Å²) in [5, 5.41) is 12.3. The zero-order chi connectivity index (χ0) is 13.9. The number of carbonyl (C=O) groups is 2. The number of nitrogens with two attached hydrogens (primary N) is 1. The molecule has 2 fully saturated rings. The first kappa shape index (κ1) is 14.3. The highest BCUT2D eigenvalue weighted by atomic mass is 16.4. The van der Waals surface area contributed by atoms with Crippen LogP contribution in [-0.2, 0) is 9.59 Å². The Hall–Kier alpha value is -1.10. The molecule has 0 aromatic carbocycles. The number of carboxylic acids is 1. The molecule has 0 unspecified atom stereocenters. The maximum absolute atomic E-state index is 12.1. The van der Waals surface area contributed by atoms with Crippen molar-refractivity contribution in [2.75, 3.05) is 0 Å². The number of nitrogens with one attached hydrogen (secondary N) is 1. The molecule has 108 valence electrons. The molecule has 0 aliphatic heterocycles. The maximum Gasteiger partial charge on any atom is 0.329 e. The first-order valence-corrected chi connectivity index (χ1v) is 7.29. The van der Waals surface area contributed by atoms with Gasteiger partial charge in [0.1, 0.15) is 5.54 Å². The summed E-state index contributed by atoms with van der Waals surface area (Å²) in [4.78, 5) is 23.7. The molecule has 0 aromatic rings. The molecule has 0 bridgehead atoms. The molecule has 2 saturated carbocycles. The molecule has 2 rings (SSSR count). The van der Waals surface area contributed by atoms with Gasteiger partial charge in [-0.15, -0.1) is 0 Å². The van der Waals surface area contributed by atoms with E-state index in [9.17, 15) is 14.7 Å². The van der Waals surface area contributed by atoms with Gasteiger partial charge in [-0.1, -0.05) is 25.7 Å². The van der Waals surface area contributed by atoms with Gasteiger partial charge in [0.15, 0.2) is 0 Å². The topological polar surface area (TPSA) is 92.4 Å². The Morgan fingerprint density at radius 2 is 1.58 bits per heavy atom. The van der Waals surface area contributed by atoms with Gasteiger partial charge < -0.3 is 16.2 Å². The van der Waals surface area contributed by atoms with E-state index in [2.05, 4.69) is 5.32 Å². The zero-order valence-electron chi connectivity index (χ0n) is 11.4. The van der Waals surface area contributed by atoms with E-state index in [0.717, 1.165) is 44.9 Å². The summed E-state index contributed by atoms with van der Waals surface area (Å²) in [7, 11) is 0. The Morgan fingerprint density at radius 1 is 1.00 bits per heavy atom. The monoisotopic (exact) mass is 268 g/mol. The average Bonchev–Trinajstić information content (AvgIpc) is 2.53. The van der Waals surface area contributed by atoms with Gasteiger partial charge in [-0.3, -0.25) is 4.79 Å². The van der Waals surface area contributed by atoms with Crippen LogP contribution < -0.4 is 11.1 Å². The molecule has 0 spiro atoms. The number of amides is 1. The van der Waals surface area contributed by atoms with E-state index >= 15 is 0 Å². The number of carboxylic acid groups (broad SMARTS) is 1. The van der Waals surface area contributed by atoms with Gasteiger partial charge in [0.05, 0.1) is 0 Å². The van der Waals surface area contributed by atoms with E-state index in [1.54, 1.807) is 0 Å². The van der Waals surface area contributed by atoms with E-state index < -0.39 is 17.0 Å². The lowest BCUT2D eigenvalue weighted by atomic mass is 9.75. The summed E-state index contributed by atoms with van der Waals surface area (Å²) in [5.74, 6) is -1.10. The lowest BCUT2D eigenvalue weighted by molar-refractivity contribution is -0.148. The minimum Gasteiger partial charge on any atom is -0.480 e. The van der Waals surface area contributed by atoms with Gasteiger partial charge in [-0.25, -0.2) is 4.79 Å². The van der Waals surface area contributed by atoms with Gasteiger partial charge in [0.2, 0.25) is 5.91 Å². The Kier molecular flexibility index (Phi) is 4.13. The van der Waals surface area contributed by atoms with Crippen LogP contribution in [0.25, 0.3) is 0 Å². The van der Waals surface area contributed by atoms with Crippen LogP contribution in [0, 0.1) is 0 Å². The van der Waals surface area contributed by atoms with Crippen molar-refractivity contribution >= 4 is 11.9 Å². The van der Waals surface area contributed by atoms with Crippen molar-refractivity contribution in [3.05, 3.63) is 0 Å². The van der Waals surface area contributed by atoms with Gasteiger partial charge in [-0.2, -0.15) is 0 Å². The van der Waals surface area contributed by atoms with Crippen LogP contribution in [0.3, 0.4) is 0 Å². The maximum atomic E-state index is 12.1. The van der Waals surface area contributed by atoms with Crippen molar-refractivity contribution in [3.8, 4) is 0 Å². The predicted octanol–water partition coefficient (Wildman–Crippen LogP) is 1.55. The summed E-state index contributed by atoms with van der Waals surface area (Å²) in [6, 6.07) is 0. The zero-order valence-corrected chi connectivity index (χ0v) is 11.4. The molecule has 4 N–H and O–H groups in total. The summed E-state index contributed by atoms with van der Waals surface area (Å²) < 4.78 is 0. The van der Waals surface area contributed by atoms with Crippen molar-refractivity contribution in [1.82, 2.24) is 5.32 Å². The molecule has 19 heavy (non-hydrogen) atoms. The molecular weight excluding hydrogens is 244 g/mol. The van der Waals surface area contributed by atoms with Crippen LogP contribution in [0.4, 0.5) is 0 Å². The lowest BCUT2D eigenvalue weighted by Crippen LogP contribution is -2.57. The summed E-state index contributed by atoms with van der Waals surface area (Å²) in [5.41, 5.74) is 4.59. The number of hydrogen-bond donors (Lipinski definition) is 3. The highest BCUT2D eigenvalue weighted by molar-refractivity contribution is 5.87. The van der Waals surface area contributed by atoms with Gasteiger partial charge >= 0.3 is 5.97 Å². The van der Waals surface area contributed by atoms with Crippen molar-refractivity contribution in [1.29, 1.82) is 0 Å². The van der Waals surface area contributed by atoms with Crippen LogP contribution >= 0.6 is 0 Å². The van der Waals surface area contributed by atoms with Crippen molar-refractivity contribution < 1.29 is 14.7 Å². The third kappa shape index (κ3) is 3.26. The van der Waals surface area contributed by atoms with Gasteiger partial charge in [0, 0.05) is 12.0 Å². The average molecular weight is 268 g/mol. The van der Waals surface area contributed by atoms with E-state index in [0.29, 0.717) is 12.8 Å². The third-order valence-corrected chi connectivity index (χ3v) is 4.61. The second-order valence-corrected chi connectivity index (χ2v) is 6.24. The predicted molar refractivity (Wildman–Crippen MR) is 71.6 cm³/mol. The molecule has 0 saturated heterocycles. The van der Waals surface area contributed by atoms with Gasteiger partial charge in [0.25, 0.3) is 0 Å². The summed E-state index contributed by atoms with van der Waals surface area (Å²) in [6.45, 7) is 0. The van der Waals surface area contributed by atoms with E-state index in [4.69, 9.17) is 5.73 Å². The second-order valence-electron chi connectivity index (χ2n) is 6.24. The van der Waals surface area contributed by atoms with Crippen LogP contribution in [0.1, 0.15) is 64.2 Å². The van der Waals surface area contributed by atoms with E-state index in [1.165, 1.54) is 0 Å². The molecule has 5 heteroatoms. The van der Waals surface area contributed by atoms with Crippen molar-refractivity contribution in [2.24, 2.45) is 5.73 Å². The minimum absolute atomic E-state index is 0.202. The van der Waals surface area contributed by atoms with Crippen LogP contribution in [0.5, 0.6) is 0 Å². The molecule has 1 amide bonds. The van der Waals surface area contributed by atoms with Crippen LogP contribution in [-0.4, -0.2) is 28.1 Å². The van der Waals surface area contributed by atoms with Crippen LogP contribution in [0.15, 0.2) is 0 Å². The number of rotatable bonds is 4. The normalized spacial score (nSPS) is 24.9. The fraction of sp³-hybridized carbons (Fsp3) is 0.857. The highest BCUT2D eigenvalue weighted by Crippen LogP contribution is 2.33. The standard InChI is InChI=1S/C14H24N2O3/c15-13(6-5-7-13)10-11(17)16-14(12(18)19)8-3-1-2-4-9-14/h1-10,15H2,(H,16,17)(H,18,19). The number of aliphatic carboxylic acids is 1. The molecule has 0 atom stereocenters. The lowest BCUT2D eigenvalue weighted by Gasteiger charge is -2.39. The van der Waals surface area contributed by atoms with E-state index in [-0.39, 0.29) is 12.3 Å². The summed E-state index contributed by atoms with van der Waals surface area (Å²) in [6.07, 6.45) is 7.92. The second kappa shape index (κ2) is 5.49. The molecule has 2 aliphatic rings. The molecular formula is C14H24N2O3.